The molecule has 4 aliphatic rings. The third-order valence-electron chi connectivity index (χ3n) is 5.46. The van der Waals surface area contributed by atoms with E-state index in [-0.39, 0.29) is 11.9 Å². The van der Waals surface area contributed by atoms with Crippen LogP contribution in [0.1, 0.15) is 51.9 Å². The molecule has 4 fully saturated rings. The molecule has 0 aromatic rings. The van der Waals surface area contributed by atoms with Gasteiger partial charge < -0.3 is 11.1 Å². The monoisotopic (exact) mass is 250 g/mol. The van der Waals surface area contributed by atoms with Crippen molar-refractivity contribution < 1.29 is 4.79 Å². The van der Waals surface area contributed by atoms with Crippen LogP contribution in [0.5, 0.6) is 0 Å². The Labute approximate surface area is 110 Å². The Morgan fingerprint density at radius 2 is 1.72 bits per heavy atom. The molecule has 4 aliphatic carbocycles. The molecule has 0 unspecified atom stereocenters. The maximum Gasteiger partial charge on any atom is 0.220 e. The van der Waals surface area contributed by atoms with E-state index in [9.17, 15) is 4.79 Å². The summed E-state index contributed by atoms with van der Waals surface area (Å²) in [5.74, 6) is 3.01. The Balaban J connectivity index is 1.63. The Bertz CT molecular complexity index is 304. The smallest absolute Gasteiger partial charge is 0.220 e. The van der Waals surface area contributed by atoms with Gasteiger partial charge in [0, 0.05) is 19.0 Å². The van der Waals surface area contributed by atoms with Crippen LogP contribution in [-0.4, -0.2) is 18.5 Å². The predicted octanol–water partition coefficient (Wildman–Crippen LogP) is 2.06. The number of nitrogens with one attached hydrogen (secondary N) is 1. The van der Waals surface area contributed by atoms with Crippen molar-refractivity contribution in [2.45, 2.75) is 57.9 Å². The molecule has 4 saturated carbocycles. The fourth-order valence-electron chi connectivity index (χ4n) is 5.23. The minimum Gasteiger partial charge on any atom is -0.352 e. The van der Waals surface area contributed by atoms with Gasteiger partial charge in [-0.25, -0.2) is 0 Å². The van der Waals surface area contributed by atoms with E-state index in [1.54, 1.807) is 0 Å². The Hall–Kier alpha value is -0.570. The van der Waals surface area contributed by atoms with Gasteiger partial charge in [-0.15, -0.1) is 0 Å². The summed E-state index contributed by atoms with van der Waals surface area (Å²) in [5.41, 5.74) is 5.92. The normalized spacial score (nSPS) is 42.9. The summed E-state index contributed by atoms with van der Waals surface area (Å²) < 4.78 is 0. The van der Waals surface area contributed by atoms with Gasteiger partial charge in [0.05, 0.1) is 0 Å². The zero-order chi connectivity index (χ0) is 12.8. The molecule has 1 amide bonds. The highest BCUT2D eigenvalue weighted by molar-refractivity contribution is 5.77. The van der Waals surface area contributed by atoms with Gasteiger partial charge in [-0.05, 0) is 68.6 Å². The van der Waals surface area contributed by atoms with Gasteiger partial charge in [-0.2, -0.15) is 0 Å². The van der Waals surface area contributed by atoms with Crippen LogP contribution in [0.3, 0.4) is 0 Å². The average Bonchev–Trinajstić information content (AvgIpc) is 2.25. The first-order chi connectivity index (χ1) is 8.58. The molecular formula is C15H26N2O. The molecule has 4 rings (SSSR count). The zero-order valence-electron chi connectivity index (χ0n) is 11.5. The molecule has 0 aliphatic heterocycles. The minimum absolute atomic E-state index is 0.117. The van der Waals surface area contributed by atoms with E-state index < -0.39 is 0 Å². The summed E-state index contributed by atoms with van der Waals surface area (Å²) in [4.78, 5) is 12.1. The number of hydrogen-bond donors (Lipinski definition) is 2. The fourth-order valence-corrected chi connectivity index (χ4v) is 5.23. The number of rotatable bonds is 4. The first-order valence-corrected chi connectivity index (χ1v) is 7.58. The van der Waals surface area contributed by atoms with Crippen molar-refractivity contribution in [2.24, 2.45) is 28.9 Å². The largest absolute Gasteiger partial charge is 0.352 e. The van der Waals surface area contributed by atoms with Crippen LogP contribution in [0.4, 0.5) is 0 Å². The molecule has 102 valence electrons. The van der Waals surface area contributed by atoms with Gasteiger partial charge in [-0.3, -0.25) is 4.79 Å². The van der Waals surface area contributed by atoms with Crippen molar-refractivity contribution in [3.8, 4) is 0 Å². The Kier molecular flexibility index (Phi) is 3.13. The van der Waals surface area contributed by atoms with Crippen molar-refractivity contribution in [1.29, 1.82) is 0 Å². The van der Waals surface area contributed by atoms with Crippen LogP contribution in [-0.2, 0) is 4.79 Å². The molecule has 0 saturated heterocycles. The third kappa shape index (κ3) is 2.29. The lowest BCUT2D eigenvalue weighted by atomic mass is 9.49. The zero-order valence-corrected chi connectivity index (χ0v) is 11.5. The molecule has 0 aromatic carbocycles. The molecule has 4 bridgehead atoms. The Morgan fingerprint density at radius 3 is 2.17 bits per heavy atom. The van der Waals surface area contributed by atoms with E-state index in [0.717, 1.165) is 24.2 Å². The molecule has 0 heterocycles. The quantitative estimate of drug-likeness (QED) is 0.802. The van der Waals surface area contributed by atoms with Crippen LogP contribution in [0.2, 0.25) is 0 Å². The number of carbonyl (C=O) groups is 1. The van der Waals surface area contributed by atoms with Crippen molar-refractivity contribution >= 4 is 5.91 Å². The van der Waals surface area contributed by atoms with E-state index in [1.807, 2.05) is 6.92 Å². The molecule has 3 nitrogen and oxygen atoms in total. The summed E-state index contributed by atoms with van der Waals surface area (Å²) in [6, 6.07) is 0.117. The van der Waals surface area contributed by atoms with Crippen molar-refractivity contribution in [1.82, 2.24) is 5.32 Å². The van der Waals surface area contributed by atoms with Gasteiger partial charge in [-0.1, -0.05) is 0 Å². The molecule has 0 spiro atoms. The highest BCUT2D eigenvalue weighted by Crippen LogP contribution is 2.61. The lowest BCUT2D eigenvalue weighted by Gasteiger charge is -2.56. The molecule has 0 aromatic heterocycles. The maximum atomic E-state index is 12.1. The second kappa shape index (κ2) is 4.52. The number of amides is 1. The van der Waals surface area contributed by atoms with E-state index in [4.69, 9.17) is 5.73 Å². The lowest BCUT2D eigenvalue weighted by Crippen LogP contribution is -2.49. The highest BCUT2D eigenvalue weighted by atomic mass is 16.1. The molecular weight excluding hydrogens is 224 g/mol. The van der Waals surface area contributed by atoms with Crippen LogP contribution in [0.25, 0.3) is 0 Å². The first kappa shape index (κ1) is 12.5. The predicted molar refractivity (Wildman–Crippen MR) is 71.9 cm³/mol. The van der Waals surface area contributed by atoms with Crippen molar-refractivity contribution in [2.75, 3.05) is 6.54 Å². The number of hydrogen-bond acceptors (Lipinski definition) is 2. The van der Waals surface area contributed by atoms with Crippen molar-refractivity contribution in [3.63, 3.8) is 0 Å². The third-order valence-corrected chi connectivity index (χ3v) is 5.46. The summed E-state index contributed by atoms with van der Waals surface area (Å²) >= 11 is 0. The number of carbonyl (C=O) groups excluding carboxylic acids is 1. The molecule has 18 heavy (non-hydrogen) atoms. The summed E-state index contributed by atoms with van der Waals surface area (Å²) in [5, 5.41) is 3.04. The van der Waals surface area contributed by atoms with E-state index >= 15 is 0 Å². The van der Waals surface area contributed by atoms with E-state index in [0.29, 0.717) is 12.0 Å². The average molecular weight is 250 g/mol. The minimum atomic E-state index is 0.117. The van der Waals surface area contributed by atoms with Gasteiger partial charge in [0.15, 0.2) is 0 Å². The van der Waals surface area contributed by atoms with Crippen LogP contribution in [0.15, 0.2) is 0 Å². The second-order valence-corrected chi connectivity index (χ2v) is 7.30. The molecule has 3 N–H and O–H groups in total. The Morgan fingerprint density at radius 1 is 1.22 bits per heavy atom. The highest BCUT2D eigenvalue weighted by Gasteiger charge is 2.51. The second-order valence-electron chi connectivity index (χ2n) is 7.30. The molecule has 3 heteroatoms. The standard InChI is InChI=1S/C15H26N2O/c1-10(9-16)17-14(18)8-15-5-11-2-12(6-15)4-13(3-11)7-15/h10-13H,2-9,16H2,1H3,(H,17,18)/t10-,11?,12?,13?,15?/m1/s1. The maximum absolute atomic E-state index is 12.1. The van der Waals surface area contributed by atoms with E-state index in [2.05, 4.69) is 5.32 Å². The van der Waals surface area contributed by atoms with Crippen LogP contribution >= 0.6 is 0 Å². The summed E-state index contributed by atoms with van der Waals surface area (Å²) in [7, 11) is 0. The van der Waals surface area contributed by atoms with Crippen LogP contribution < -0.4 is 11.1 Å². The van der Waals surface area contributed by atoms with Crippen molar-refractivity contribution in [3.05, 3.63) is 0 Å². The van der Waals surface area contributed by atoms with Gasteiger partial charge in [0.2, 0.25) is 5.91 Å². The van der Waals surface area contributed by atoms with E-state index in [1.165, 1.54) is 38.5 Å². The van der Waals surface area contributed by atoms with Crippen LogP contribution in [0, 0.1) is 23.2 Å². The number of nitrogens with two attached hydrogens (primary N) is 1. The molecule has 0 radical (unpaired) electrons. The van der Waals surface area contributed by atoms with Gasteiger partial charge in [0.25, 0.3) is 0 Å². The lowest BCUT2D eigenvalue weighted by molar-refractivity contribution is -0.129. The van der Waals surface area contributed by atoms with Gasteiger partial charge in [0.1, 0.15) is 0 Å². The summed E-state index contributed by atoms with van der Waals surface area (Å²) in [6.45, 7) is 2.52. The first-order valence-electron chi connectivity index (χ1n) is 7.58. The van der Waals surface area contributed by atoms with Gasteiger partial charge >= 0.3 is 0 Å². The summed E-state index contributed by atoms with van der Waals surface area (Å²) in [6.07, 6.45) is 9.01. The topological polar surface area (TPSA) is 55.1 Å². The SMILES string of the molecule is C[C@H](CN)NC(=O)CC12CC3CC(CC(C3)C1)C2. The molecule has 1 atom stereocenters. The fraction of sp³-hybridized carbons (Fsp3) is 0.933.